The molecule has 8 nitrogen and oxygen atoms in total. The Morgan fingerprint density at radius 3 is 2.27 bits per heavy atom. The fourth-order valence-corrected chi connectivity index (χ4v) is 5.66. The normalized spacial score (nSPS) is 19.6. The lowest BCUT2D eigenvalue weighted by molar-refractivity contribution is -0.253. The van der Waals surface area contributed by atoms with Gasteiger partial charge in [0.15, 0.2) is 12.4 Å². The van der Waals surface area contributed by atoms with E-state index in [1.54, 1.807) is 6.92 Å². The second-order valence-corrected chi connectivity index (χ2v) is 11.8. The van der Waals surface area contributed by atoms with Gasteiger partial charge in [-0.15, -0.1) is 0 Å². The van der Waals surface area contributed by atoms with Crippen LogP contribution in [0.3, 0.4) is 0 Å². The smallest absolute Gasteiger partial charge is 0.303 e. The molecule has 8 heteroatoms. The largest absolute Gasteiger partial charge is 0.453 e. The molecule has 2 N–H and O–H groups in total. The molecule has 0 aromatic heterocycles. The lowest BCUT2D eigenvalue weighted by Crippen LogP contribution is -2.38. The Balaban J connectivity index is 1.29. The molecule has 45 heavy (non-hydrogen) atoms. The zero-order valence-electron chi connectivity index (χ0n) is 26.3. The molecule has 1 aliphatic rings. The molecule has 0 unspecified atom stereocenters. The van der Waals surface area contributed by atoms with Gasteiger partial charge in [-0.2, -0.15) is 0 Å². The second kappa shape index (κ2) is 14.8. The van der Waals surface area contributed by atoms with Gasteiger partial charge in [0.1, 0.15) is 0 Å². The van der Waals surface area contributed by atoms with Crippen LogP contribution < -0.4 is 5.32 Å². The summed E-state index contributed by atoms with van der Waals surface area (Å²) in [5.74, 6) is -0.849. The highest BCUT2D eigenvalue weighted by Gasteiger charge is 2.33. The first-order chi connectivity index (χ1) is 21.7. The van der Waals surface area contributed by atoms with Gasteiger partial charge in [0.05, 0.1) is 18.8 Å². The summed E-state index contributed by atoms with van der Waals surface area (Å²) in [6, 6.07) is 30.9. The van der Waals surface area contributed by atoms with Gasteiger partial charge in [-0.1, -0.05) is 84.9 Å². The highest BCUT2D eigenvalue weighted by Crippen LogP contribution is 2.38. The average Bonchev–Trinajstić information content (AvgIpc) is 3.06. The summed E-state index contributed by atoms with van der Waals surface area (Å²) in [6.45, 7) is 6.05. The molecule has 1 heterocycles. The summed E-state index contributed by atoms with van der Waals surface area (Å²) in [5, 5.41) is 14.8. The highest BCUT2D eigenvalue weighted by molar-refractivity contribution is 5.83. The Bertz CT molecular complexity index is 1590. The van der Waals surface area contributed by atoms with E-state index in [1.807, 2.05) is 48.5 Å². The van der Waals surface area contributed by atoms with Gasteiger partial charge in [0, 0.05) is 38.0 Å². The number of fused-ring (bicyclic) bond motifs is 1. The Kier molecular flexibility index (Phi) is 10.6. The Morgan fingerprint density at radius 1 is 0.911 bits per heavy atom. The minimum atomic E-state index is -0.854. The summed E-state index contributed by atoms with van der Waals surface area (Å²) in [4.78, 5) is 25.7. The minimum Gasteiger partial charge on any atom is -0.453 e. The number of esters is 1. The maximum atomic E-state index is 12.3. The van der Waals surface area contributed by atoms with Crippen LogP contribution in [0.1, 0.15) is 73.4 Å². The molecule has 5 atom stereocenters. The van der Waals surface area contributed by atoms with Crippen molar-refractivity contribution in [2.45, 2.75) is 71.0 Å². The van der Waals surface area contributed by atoms with Gasteiger partial charge in [-0.05, 0) is 60.0 Å². The molecular formula is C37H42N2O6. The van der Waals surface area contributed by atoms with Crippen molar-refractivity contribution in [3.8, 4) is 0 Å². The van der Waals surface area contributed by atoms with Gasteiger partial charge in [-0.25, -0.2) is 0 Å². The van der Waals surface area contributed by atoms with Crippen molar-refractivity contribution in [3.63, 3.8) is 0 Å². The van der Waals surface area contributed by atoms with Crippen molar-refractivity contribution in [1.29, 1.82) is 0 Å². The zero-order chi connectivity index (χ0) is 31.9. The van der Waals surface area contributed by atoms with Gasteiger partial charge < -0.3 is 24.6 Å². The summed E-state index contributed by atoms with van der Waals surface area (Å²) < 4.78 is 18.1. The van der Waals surface area contributed by atoms with Crippen LogP contribution in [0, 0.1) is 0 Å². The zero-order valence-corrected chi connectivity index (χ0v) is 26.3. The van der Waals surface area contributed by atoms with Crippen molar-refractivity contribution in [2.75, 3.05) is 13.6 Å². The van der Waals surface area contributed by atoms with Crippen LogP contribution in [-0.4, -0.2) is 47.7 Å². The third kappa shape index (κ3) is 8.35. The summed E-state index contributed by atoms with van der Waals surface area (Å²) >= 11 is 0. The third-order valence-corrected chi connectivity index (χ3v) is 8.45. The number of aliphatic hydroxyl groups is 1. The molecule has 0 spiro atoms. The van der Waals surface area contributed by atoms with Gasteiger partial charge >= 0.3 is 5.97 Å². The number of rotatable bonds is 11. The van der Waals surface area contributed by atoms with Crippen molar-refractivity contribution in [3.05, 3.63) is 119 Å². The van der Waals surface area contributed by atoms with Crippen LogP contribution in [0.5, 0.6) is 0 Å². The van der Waals surface area contributed by atoms with Crippen LogP contribution >= 0.6 is 0 Å². The number of amides is 1. The van der Waals surface area contributed by atoms with E-state index in [4.69, 9.17) is 14.2 Å². The first-order valence-electron chi connectivity index (χ1n) is 15.4. The van der Waals surface area contributed by atoms with Crippen LogP contribution in [0.25, 0.3) is 10.8 Å². The third-order valence-electron chi connectivity index (χ3n) is 8.45. The number of hydrogen-bond donors (Lipinski definition) is 2. The monoisotopic (exact) mass is 610 g/mol. The fraction of sp³-hybridized carbons (Fsp3) is 0.351. The second-order valence-electron chi connectivity index (χ2n) is 11.8. The molecule has 236 valence electrons. The molecule has 1 fully saturated rings. The Hall–Kier alpha value is -4.08. The van der Waals surface area contributed by atoms with E-state index in [-0.39, 0.29) is 30.8 Å². The Labute approximate surface area is 264 Å². The van der Waals surface area contributed by atoms with E-state index in [2.05, 4.69) is 66.7 Å². The van der Waals surface area contributed by atoms with Crippen LogP contribution in [-0.2, 0) is 37.0 Å². The van der Waals surface area contributed by atoms with Crippen molar-refractivity contribution < 1.29 is 28.9 Å². The van der Waals surface area contributed by atoms with E-state index in [0.29, 0.717) is 19.5 Å². The van der Waals surface area contributed by atoms with Crippen molar-refractivity contribution >= 4 is 22.6 Å². The summed E-state index contributed by atoms with van der Waals surface area (Å²) in [6.07, 6.45) is -1.03. The lowest BCUT2D eigenvalue weighted by Gasteiger charge is -2.39. The molecule has 0 aliphatic carbocycles. The minimum absolute atomic E-state index is 0.00686. The SMILES string of the molecule is CC(=O)O[C@@H](C)C(=O)NCc1ccc([C@H]2O[C@@H](CN(C)[C@H](C)c3ccc4ccccc4c3)C[C@@H](c3ccc(CO)cc3)O2)cc1. The quantitative estimate of drug-likeness (QED) is 0.197. The van der Waals surface area contributed by atoms with Crippen molar-refractivity contribution in [2.24, 2.45) is 0 Å². The Morgan fingerprint density at radius 2 is 1.58 bits per heavy atom. The van der Waals surface area contributed by atoms with E-state index in [9.17, 15) is 14.7 Å². The topological polar surface area (TPSA) is 97.3 Å². The number of aliphatic hydroxyl groups excluding tert-OH is 1. The van der Waals surface area contributed by atoms with Gasteiger partial charge in [-0.3, -0.25) is 14.5 Å². The van der Waals surface area contributed by atoms with Crippen LogP contribution in [0.4, 0.5) is 0 Å². The molecule has 0 bridgehead atoms. The van der Waals surface area contributed by atoms with Crippen molar-refractivity contribution in [1.82, 2.24) is 10.2 Å². The van der Waals surface area contributed by atoms with E-state index in [0.717, 1.165) is 22.3 Å². The molecule has 4 aromatic carbocycles. The number of nitrogens with one attached hydrogen (secondary N) is 1. The van der Waals surface area contributed by atoms with Gasteiger partial charge in [0.25, 0.3) is 5.91 Å². The average molecular weight is 611 g/mol. The number of likely N-dealkylation sites (N-methyl/N-ethyl adjacent to an activating group) is 1. The molecule has 1 saturated heterocycles. The fourth-order valence-electron chi connectivity index (χ4n) is 5.66. The first kappa shape index (κ1) is 32.3. The predicted molar refractivity (Wildman–Crippen MR) is 173 cm³/mol. The van der Waals surface area contributed by atoms with E-state index < -0.39 is 18.4 Å². The highest BCUT2D eigenvalue weighted by atomic mass is 16.7. The number of carbonyl (C=O) groups excluding carboxylic acids is 2. The maximum Gasteiger partial charge on any atom is 0.303 e. The first-order valence-corrected chi connectivity index (χ1v) is 15.4. The predicted octanol–water partition coefficient (Wildman–Crippen LogP) is 6.14. The van der Waals surface area contributed by atoms with E-state index >= 15 is 0 Å². The summed E-state index contributed by atoms with van der Waals surface area (Å²) in [5.41, 5.74) is 4.92. The molecule has 1 amide bonds. The van der Waals surface area contributed by atoms with Crippen LogP contribution in [0.15, 0.2) is 91.0 Å². The van der Waals surface area contributed by atoms with Gasteiger partial charge in [0.2, 0.25) is 0 Å². The standard InChI is InChI=1S/C37H42N2O6/c1-24(32-18-17-29-7-5-6-8-33(29)19-32)39(4)22-34-20-35(30-13-11-28(23-40)12-14-30)45-37(44-34)31-15-9-27(10-16-31)21-38-36(42)25(2)43-26(3)41/h5-19,24-25,34-35,37,40H,20-23H2,1-4H3,(H,38,42)/t24-,25+,34-,35+,37+/m1/s1. The molecule has 0 saturated carbocycles. The molecule has 1 aliphatic heterocycles. The lowest BCUT2D eigenvalue weighted by atomic mass is 9.98. The molecular weight excluding hydrogens is 568 g/mol. The number of ether oxygens (including phenoxy) is 3. The number of benzene rings is 4. The molecule has 5 rings (SSSR count). The summed E-state index contributed by atoms with van der Waals surface area (Å²) in [7, 11) is 2.13. The van der Waals surface area contributed by atoms with Crippen LogP contribution in [0.2, 0.25) is 0 Å². The number of nitrogens with zero attached hydrogens (tertiary/aromatic N) is 1. The van der Waals surface area contributed by atoms with E-state index in [1.165, 1.54) is 23.3 Å². The number of hydrogen-bond acceptors (Lipinski definition) is 7. The molecule has 4 aromatic rings. The maximum absolute atomic E-state index is 12.3. The number of carbonyl (C=O) groups is 2. The molecule has 0 radical (unpaired) electrons.